The molecule has 9 heteroatoms. The third kappa shape index (κ3) is 3.59. The smallest absolute Gasteiger partial charge is 0.318 e. The second-order valence-corrected chi connectivity index (χ2v) is 6.93. The Morgan fingerprint density at radius 1 is 1.36 bits per heavy atom. The minimum Gasteiger partial charge on any atom is -0.481 e. The zero-order chi connectivity index (χ0) is 18.1. The molecule has 3 rings (SSSR count). The first-order chi connectivity index (χ1) is 11.8. The van der Waals surface area contributed by atoms with Gasteiger partial charge in [0.25, 0.3) is 0 Å². The van der Waals surface area contributed by atoms with Crippen LogP contribution >= 0.6 is 0 Å². The number of nitrogens with zero attached hydrogens (tertiary/aromatic N) is 4. The van der Waals surface area contributed by atoms with Crippen molar-refractivity contribution in [2.24, 2.45) is 18.9 Å². The van der Waals surface area contributed by atoms with Crippen LogP contribution in [0.15, 0.2) is 12.4 Å². The number of aryl methyl sites for hydroxylation is 1. The number of carboxylic acids is 1. The SMILES string of the molecule is CC1CC(C(=O)O)CN(C(=O)NC2CCN(c3cnn(C)c3)C2=O)C1. The van der Waals surface area contributed by atoms with E-state index in [0.717, 1.165) is 0 Å². The molecule has 3 atom stereocenters. The standard InChI is InChI=1S/C16H23N5O4/c1-10-5-11(15(23)24)8-20(7-10)16(25)18-13-3-4-21(14(13)22)12-6-17-19(2)9-12/h6,9-11,13H,3-5,7-8H2,1-2H3,(H,18,25)(H,23,24). The molecule has 0 aromatic carbocycles. The van der Waals surface area contributed by atoms with E-state index in [9.17, 15) is 19.5 Å². The number of hydrogen-bond donors (Lipinski definition) is 2. The van der Waals surface area contributed by atoms with E-state index >= 15 is 0 Å². The summed E-state index contributed by atoms with van der Waals surface area (Å²) in [4.78, 5) is 39.4. The van der Waals surface area contributed by atoms with Gasteiger partial charge in [0.05, 0.1) is 17.8 Å². The topological polar surface area (TPSA) is 108 Å². The first-order valence-electron chi connectivity index (χ1n) is 8.43. The Balaban J connectivity index is 1.61. The van der Waals surface area contributed by atoms with Crippen LogP contribution in [0.4, 0.5) is 10.5 Å². The molecule has 0 bridgehead atoms. The summed E-state index contributed by atoms with van der Waals surface area (Å²) in [5.41, 5.74) is 0.710. The lowest BCUT2D eigenvalue weighted by Crippen LogP contribution is -2.53. The van der Waals surface area contributed by atoms with Gasteiger partial charge in [-0.2, -0.15) is 5.10 Å². The van der Waals surface area contributed by atoms with Gasteiger partial charge in [0.2, 0.25) is 5.91 Å². The number of amides is 3. The number of carboxylic acid groups (broad SMARTS) is 1. The summed E-state index contributed by atoms with van der Waals surface area (Å²) in [5.74, 6) is -1.49. The number of likely N-dealkylation sites (tertiary alicyclic amines) is 1. The second-order valence-electron chi connectivity index (χ2n) is 6.93. The van der Waals surface area contributed by atoms with Gasteiger partial charge in [0, 0.05) is 32.9 Å². The van der Waals surface area contributed by atoms with E-state index in [1.165, 1.54) is 4.90 Å². The summed E-state index contributed by atoms with van der Waals surface area (Å²) in [6.07, 6.45) is 4.46. The average Bonchev–Trinajstić information content (AvgIpc) is 3.13. The van der Waals surface area contributed by atoms with Gasteiger partial charge < -0.3 is 20.2 Å². The van der Waals surface area contributed by atoms with Crippen molar-refractivity contribution in [3.05, 3.63) is 12.4 Å². The minimum atomic E-state index is -0.885. The maximum atomic E-state index is 12.5. The Morgan fingerprint density at radius 2 is 2.12 bits per heavy atom. The van der Waals surface area contributed by atoms with Crippen LogP contribution in [-0.4, -0.2) is 63.4 Å². The summed E-state index contributed by atoms with van der Waals surface area (Å²) in [5, 5.41) is 16.0. The van der Waals surface area contributed by atoms with Gasteiger partial charge in [0.15, 0.2) is 0 Å². The maximum Gasteiger partial charge on any atom is 0.318 e. The van der Waals surface area contributed by atoms with E-state index in [4.69, 9.17) is 0 Å². The summed E-state index contributed by atoms with van der Waals surface area (Å²) in [6.45, 7) is 3.13. The van der Waals surface area contributed by atoms with Crippen LogP contribution in [0.5, 0.6) is 0 Å². The van der Waals surface area contributed by atoms with Crippen molar-refractivity contribution in [3.8, 4) is 0 Å². The van der Waals surface area contributed by atoms with E-state index < -0.39 is 17.9 Å². The molecule has 1 aromatic heterocycles. The average molecular weight is 349 g/mol. The lowest BCUT2D eigenvalue weighted by molar-refractivity contribution is -0.143. The van der Waals surface area contributed by atoms with E-state index in [2.05, 4.69) is 10.4 Å². The molecule has 136 valence electrons. The van der Waals surface area contributed by atoms with E-state index in [-0.39, 0.29) is 24.4 Å². The monoisotopic (exact) mass is 349 g/mol. The Labute approximate surface area is 145 Å². The number of rotatable bonds is 3. The number of piperidine rings is 1. The molecule has 9 nitrogen and oxygen atoms in total. The second kappa shape index (κ2) is 6.73. The minimum absolute atomic E-state index is 0.117. The number of nitrogens with one attached hydrogen (secondary N) is 1. The molecule has 3 heterocycles. The third-order valence-electron chi connectivity index (χ3n) is 4.80. The van der Waals surface area contributed by atoms with Crippen LogP contribution in [0.3, 0.4) is 0 Å². The molecule has 3 amide bonds. The Bertz CT molecular complexity index is 688. The highest BCUT2D eigenvalue weighted by atomic mass is 16.4. The summed E-state index contributed by atoms with van der Waals surface area (Å²) in [6, 6.07) is -0.961. The Kier molecular flexibility index (Phi) is 4.65. The summed E-state index contributed by atoms with van der Waals surface area (Å²) in [7, 11) is 1.78. The number of aliphatic carboxylic acids is 1. The van der Waals surface area contributed by atoms with Gasteiger partial charge >= 0.3 is 12.0 Å². The first kappa shape index (κ1) is 17.2. The molecule has 2 aliphatic rings. The molecule has 0 spiro atoms. The van der Waals surface area contributed by atoms with E-state index in [1.807, 2.05) is 6.92 Å². The van der Waals surface area contributed by atoms with Crippen molar-refractivity contribution in [2.75, 3.05) is 24.5 Å². The molecule has 1 aromatic rings. The predicted molar refractivity (Wildman–Crippen MR) is 89.0 cm³/mol. The molecule has 3 unspecified atom stereocenters. The van der Waals surface area contributed by atoms with Crippen LogP contribution in [0.1, 0.15) is 19.8 Å². The normalized spacial score (nSPS) is 26.8. The molecule has 2 saturated heterocycles. The van der Waals surface area contributed by atoms with Crippen molar-refractivity contribution in [1.29, 1.82) is 0 Å². The molecular weight excluding hydrogens is 326 g/mol. The van der Waals surface area contributed by atoms with Crippen LogP contribution in [0.25, 0.3) is 0 Å². The summed E-state index contributed by atoms with van der Waals surface area (Å²) >= 11 is 0. The van der Waals surface area contributed by atoms with Crippen LogP contribution < -0.4 is 10.2 Å². The fourth-order valence-electron chi connectivity index (χ4n) is 3.55. The van der Waals surface area contributed by atoms with Crippen molar-refractivity contribution in [2.45, 2.75) is 25.8 Å². The van der Waals surface area contributed by atoms with Crippen molar-refractivity contribution >= 4 is 23.6 Å². The van der Waals surface area contributed by atoms with E-state index in [1.54, 1.807) is 29.0 Å². The van der Waals surface area contributed by atoms with Gasteiger partial charge in [-0.05, 0) is 18.8 Å². The molecule has 2 aliphatic heterocycles. The number of urea groups is 1. The Morgan fingerprint density at radius 3 is 2.76 bits per heavy atom. The molecule has 0 aliphatic carbocycles. The first-order valence-corrected chi connectivity index (χ1v) is 8.43. The maximum absolute atomic E-state index is 12.5. The molecule has 2 N–H and O–H groups in total. The molecule has 25 heavy (non-hydrogen) atoms. The highest BCUT2D eigenvalue weighted by molar-refractivity contribution is 6.01. The zero-order valence-electron chi connectivity index (χ0n) is 14.4. The molecule has 0 radical (unpaired) electrons. The van der Waals surface area contributed by atoms with Crippen LogP contribution in [-0.2, 0) is 16.6 Å². The molecule has 2 fully saturated rings. The van der Waals surface area contributed by atoms with Crippen molar-refractivity contribution < 1.29 is 19.5 Å². The van der Waals surface area contributed by atoms with Gasteiger partial charge in [-0.25, -0.2) is 4.79 Å². The van der Waals surface area contributed by atoms with Gasteiger partial charge in [-0.15, -0.1) is 0 Å². The van der Waals surface area contributed by atoms with Crippen LogP contribution in [0.2, 0.25) is 0 Å². The lowest BCUT2D eigenvalue weighted by Gasteiger charge is -2.35. The van der Waals surface area contributed by atoms with E-state index in [0.29, 0.717) is 31.6 Å². The fourth-order valence-corrected chi connectivity index (χ4v) is 3.55. The fraction of sp³-hybridized carbons (Fsp3) is 0.625. The number of carbonyl (C=O) groups is 3. The summed E-state index contributed by atoms with van der Waals surface area (Å²) < 4.78 is 1.62. The van der Waals surface area contributed by atoms with Crippen molar-refractivity contribution in [1.82, 2.24) is 20.0 Å². The van der Waals surface area contributed by atoms with Gasteiger partial charge in [-0.3, -0.25) is 14.3 Å². The zero-order valence-corrected chi connectivity index (χ0v) is 14.4. The highest BCUT2D eigenvalue weighted by Crippen LogP contribution is 2.23. The number of hydrogen-bond acceptors (Lipinski definition) is 4. The largest absolute Gasteiger partial charge is 0.481 e. The quantitative estimate of drug-likeness (QED) is 0.815. The highest BCUT2D eigenvalue weighted by Gasteiger charge is 2.37. The van der Waals surface area contributed by atoms with Gasteiger partial charge in [-0.1, -0.05) is 6.92 Å². The molecular formula is C16H23N5O4. The number of aromatic nitrogens is 2. The number of carbonyl (C=O) groups excluding carboxylic acids is 2. The van der Waals surface area contributed by atoms with Gasteiger partial charge in [0.1, 0.15) is 6.04 Å². The predicted octanol–water partition coefficient (Wildman–Crippen LogP) is 0.278. The number of anilines is 1. The third-order valence-corrected chi connectivity index (χ3v) is 4.80. The molecule has 0 saturated carbocycles. The lowest BCUT2D eigenvalue weighted by atomic mass is 9.91. The Hall–Kier alpha value is -2.58. The van der Waals surface area contributed by atoms with Crippen molar-refractivity contribution in [3.63, 3.8) is 0 Å². The van der Waals surface area contributed by atoms with Crippen LogP contribution in [0, 0.1) is 11.8 Å².